The van der Waals surface area contributed by atoms with Crippen LogP contribution in [-0.4, -0.2) is 50.6 Å². The summed E-state index contributed by atoms with van der Waals surface area (Å²) in [6.07, 6.45) is 5.23. The minimum Gasteiger partial charge on any atom is -0.396 e. The molecule has 8 heteroatoms. The number of carbonyl (C=O) groups excluding carboxylic acids is 2. The number of nitrogens with one attached hydrogen (secondary N) is 1. The summed E-state index contributed by atoms with van der Waals surface area (Å²) in [5.74, 6) is 0.544. The first-order valence-electron chi connectivity index (χ1n) is 10.1. The molecule has 0 radical (unpaired) electrons. The number of rotatable bonds is 11. The Kier molecular flexibility index (Phi) is 13.0. The molecule has 0 aliphatic carbocycles. The molecule has 1 aromatic rings. The number of nitrogens with zero attached hydrogens (tertiary/aromatic N) is 3. The van der Waals surface area contributed by atoms with Crippen LogP contribution in [0.4, 0.5) is 0 Å². The van der Waals surface area contributed by atoms with Gasteiger partial charge in [0, 0.05) is 19.3 Å². The molecule has 0 spiro atoms. The first kappa shape index (κ1) is 26.9. The molecule has 1 amide bonds. The third-order valence-corrected chi connectivity index (χ3v) is 3.60. The molecule has 0 aliphatic heterocycles. The van der Waals surface area contributed by atoms with Crippen LogP contribution in [0.2, 0.25) is 0 Å². The average Bonchev–Trinajstić information content (AvgIpc) is 3.04. The van der Waals surface area contributed by atoms with Crippen LogP contribution in [-0.2, 0) is 27.4 Å². The van der Waals surface area contributed by atoms with Crippen LogP contribution in [0.5, 0.6) is 0 Å². The van der Waals surface area contributed by atoms with Gasteiger partial charge in [-0.25, -0.2) is 4.68 Å². The van der Waals surface area contributed by atoms with E-state index in [0.29, 0.717) is 37.3 Å². The maximum Gasteiger partial charge on any atom is 0.244 e. The summed E-state index contributed by atoms with van der Waals surface area (Å²) in [5.41, 5.74) is 0.311. The van der Waals surface area contributed by atoms with Crippen molar-refractivity contribution < 1.29 is 19.4 Å². The Morgan fingerprint density at radius 1 is 1.24 bits per heavy atom. The zero-order valence-electron chi connectivity index (χ0n) is 18.9. The summed E-state index contributed by atoms with van der Waals surface area (Å²) in [5, 5.41) is 18.9. The number of ketones is 1. The largest absolute Gasteiger partial charge is 0.396 e. The first-order valence-corrected chi connectivity index (χ1v) is 10.1. The summed E-state index contributed by atoms with van der Waals surface area (Å²) in [4.78, 5) is 22.3. The lowest BCUT2D eigenvalue weighted by Crippen LogP contribution is -2.31. The fourth-order valence-electron chi connectivity index (χ4n) is 1.93. The number of hydrogen-bond donors (Lipinski definition) is 2. The third-order valence-electron chi connectivity index (χ3n) is 3.60. The molecule has 0 fully saturated rings. The van der Waals surface area contributed by atoms with Gasteiger partial charge < -0.3 is 15.2 Å². The SMILES string of the molecule is CC(=O)/C=C/C(=O)NCc1cn(CC(C)(C)OCCC(C)C)nn1.CC(C)CO. The van der Waals surface area contributed by atoms with Crippen LogP contribution < -0.4 is 5.32 Å². The number of carbonyl (C=O) groups is 2. The molecular weight excluding hydrogens is 372 g/mol. The van der Waals surface area contributed by atoms with Crippen molar-refractivity contribution in [3.63, 3.8) is 0 Å². The third kappa shape index (κ3) is 15.5. The maximum absolute atomic E-state index is 11.5. The van der Waals surface area contributed by atoms with Crippen molar-refractivity contribution in [2.45, 2.75) is 73.6 Å². The smallest absolute Gasteiger partial charge is 0.244 e. The lowest BCUT2D eigenvalue weighted by atomic mass is 10.1. The highest BCUT2D eigenvalue weighted by Gasteiger charge is 2.20. The van der Waals surface area contributed by atoms with Crippen molar-refractivity contribution in [2.24, 2.45) is 11.8 Å². The fourth-order valence-corrected chi connectivity index (χ4v) is 1.93. The molecule has 166 valence electrons. The predicted molar refractivity (Wildman–Crippen MR) is 113 cm³/mol. The normalized spacial score (nSPS) is 11.7. The van der Waals surface area contributed by atoms with E-state index in [0.717, 1.165) is 6.42 Å². The molecular formula is C21H38N4O4. The standard InChI is InChI=1S/C17H28N4O3.C4H10O/c1-13(2)8-9-24-17(4,5)12-21-11-15(19-20-21)10-18-16(23)7-6-14(3)22;1-4(2)3-5/h6-7,11,13H,8-10,12H2,1-5H3,(H,18,23);4-5H,3H2,1-2H3/b7-6+;. The molecule has 0 atom stereocenters. The lowest BCUT2D eigenvalue weighted by molar-refractivity contribution is -0.117. The van der Waals surface area contributed by atoms with Gasteiger partial charge in [-0.15, -0.1) is 5.10 Å². The summed E-state index contributed by atoms with van der Waals surface area (Å²) >= 11 is 0. The maximum atomic E-state index is 11.5. The zero-order valence-corrected chi connectivity index (χ0v) is 18.9. The van der Waals surface area contributed by atoms with Gasteiger partial charge in [0.1, 0.15) is 5.69 Å². The van der Waals surface area contributed by atoms with Crippen LogP contribution in [0, 0.1) is 11.8 Å². The molecule has 2 N–H and O–H groups in total. The van der Waals surface area contributed by atoms with Gasteiger partial charge in [-0.2, -0.15) is 0 Å². The van der Waals surface area contributed by atoms with E-state index in [9.17, 15) is 9.59 Å². The highest BCUT2D eigenvalue weighted by atomic mass is 16.5. The molecule has 0 unspecified atom stereocenters. The van der Waals surface area contributed by atoms with E-state index in [-0.39, 0.29) is 23.8 Å². The molecule has 0 bridgehead atoms. The molecule has 0 aliphatic rings. The Morgan fingerprint density at radius 2 is 1.86 bits per heavy atom. The Bertz CT molecular complexity index is 636. The van der Waals surface area contributed by atoms with Gasteiger partial charge >= 0.3 is 0 Å². The summed E-state index contributed by atoms with van der Waals surface area (Å²) in [6.45, 7) is 15.6. The average molecular weight is 411 g/mol. The van der Waals surface area contributed by atoms with Crippen LogP contribution in [0.25, 0.3) is 0 Å². The molecule has 1 aromatic heterocycles. The van der Waals surface area contributed by atoms with E-state index in [2.05, 4.69) is 29.5 Å². The topological polar surface area (TPSA) is 106 Å². The Hall–Kier alpha value is -2.06. The number of aromatic nitrogens is 3. The van der Waals surface area contributed by atoms with Gasteiger partial charge in [0.2, 0.25) is 5.91 Å². The van der Waals surface area contributed by atoms with E-state index >= 15 is 0 Å². The Balaban J connectivity index is 0.00000139. The van der Waals surface area contributed by atoms with Gasteiger partial charge in [0.15, 0.2) is 5.78 Å². The van der Waals surface area contributed by atoms with Crippen LogP contribution in [0.3, 0.4) is 0 Å². The number of ether oxygens (including phenoxy) is 1. The van der Waals surface area contributed by atoms with Crippen molar-refractivity contribution in [2.75, 3.05) is 13.2 Å². The summed E-state index contributed by atoms with van der Waals surface area (Å²) in [6, 6.07) is 0. The van der Waals surface area contributed by atoms with Gasteiger partial charge in [-0.05, 0) is 45.1 Å². The highest BCUT2D eigenvalue weighted by Crippen LogP contribution is 2.14. The van der Waals surface area contributed by atoms with Crippen LogP contribution in [0.15, 0.2) is 18.3 Å². The number of hydrogen-bond acceptors (Lipinski definition) is 6. The van der Waals surface area contributed by atoms with Gasteiger partial charge in [-0.1, -0.05) is 32.9 Å². The van der Waals surface area contributed by atoms with E-state index in [1.807, 2.05) is 27.7 Å². The van der Waals surface area contributed by atoms with Crippen molar-refractivity contribution in [1.82, 2.24) is 20.3 Å². The van der Waals surface area contributed by atoms with Crippen LogP contribution in [0.1, 0.15) is 60.6 Å². The summed E-state index contributed by atoms with van der Waals surface area (Å²) < 4.78 is 7.62. The predicted octanol–water partition coefficient (Wildman–Crippen LogP) is 2.52. The molecule has 0 aromatic carbocycles. The number of aliphatic hydroxyl groups is 1. The van der Waals surface area contributed by atoms with Gasteiger partial charge in [0.05, 0.1) is 24.9 Å². The van der Waals surface area contributed by atoms with Crippen LogP contribution >= 0.6 is 0 Å². The molecule has 29 heavy (non-hydrogen) atoms. The molecule has 0 saturated carbocycles. The number of aliphatic hydroxyl groups excluding tert-OH is 1. The molecule has 8 nitrogen and oxygen atoms in total. The van der Waals surface area contributed by atoms with E-state index < -0.39 is 0 Å². The van der Waals surface area contributed by atoms with Gasteiger partial charge in [0.25, 0.3) is 0 Å². The summed E-state index contributed by atoms with van der Waals surface area (Å²) in [7, 11) is 0. The van der Waals surface area contributed by atoms with Crippen molar-refractivity contribution in [3.8, 4) is 0 Å². The Morgan fingerprint density at radius 3 is 2.38 bits per heavy atom. The van der Waals surface area contributed by atoms with E-state index in [1.165, 1.54) is 19.1 Å². The van der Waals surface area contributed by atoms with Crippen molar-refractivity contribution in [1.29, 1.82) is 0 Å². The van der Waals surface area contributed by atoms with Crippen molar-refractivity contribution in [3.05, 3.63) is 24.0 Å². The molecule has 1 rings (SSSR count). The number of amides is 1. The highest BCUT2D eigenvalue weighted by molar-refractivity contribution is 5.96. The fraction of sp³-hybridized carbons (Fsp3) is 0.714. The molecule has 0 saturated heterocycles. The van der Waals surface area contributed by atoms with E-state index in [1.54, 1.807) is 10.9 Å². The van der Waals surface area contributed by atoms with E-state index in [4.69, 9.17) is 9.84 Å². The second kappa shape index (κ2) is 14.0. The minimum absolute atomic E-state index is 0.171. The van der Waals surface area contributed by atoms with Crippen molar-refractivity contribution >= 4 is 11.7 Å². The number of allylic oxidation sites excluding steroid dienone is 1. The quantitative estimate of drug-likeness (QED) is 0.543. The lowest BCUT2D eigenvalue weighted by Gasteiger charge is -2.25. The first-order chi connectivity index (χ1) is 13.4. The zero-order chi connectivity index (χ0) is 22.4. The van der Waals surface area contributed by atoms with Gasteiger partial charge in [-0.3, -0.25) is 9.59 Å². The monoisotopic (exact) mass is 410 g/mol. The second-order valence-electron chi connectivity index (χ2n) is 8.44. The Labute approximate surface area is 174 Å². The second-order valence-corrected chi connectivity index (χ2v) is 8.44. The molecule has 1 heterocycles. The minimum atomic E-state index is -0.340.